The molecule has 1 aromatic rings. The fraction of sp³-hybridized carbons (Fsp3) is 0.737. The van der Waals surface area contributed by atoms with E-state index in [1.165, 1.54) is 51.4 Å². The molecular formula is C19H34N2O2. The maximum absolute atomic E-state index is 10.2. The molecule has 0 radical (unpaired) electrons. The zero-order chi connectivity index (χ0) is 17.1. The Morgan fingerprint density at radius 3 is 2.04 bits per heavy atom. The molecule has 1 heterocycles. The predicted octanol–water partition coefficient (Wildman–Crippen LogP) is 4.42. The van der Waals surface area contributed by atoms with Crippen molar-refractivity contribution < 1.29 is 10.2 Å². The van der Waals surface area contributed by atoms with Crippen LogP contribution in [0.2, 0.25) is 0 Å². The first kappa shape index (κ1) is 19.8. The molecule has 4 heteroatoms. The molecule has 0 saturated carbocycles. The van der Waals surface area contributed by atoms with Gasteiger partial charge in [-0.3, -0.25) is 0 Å². The molecule has 1 rings (SSSR count). The number of nitrogens with zero attached hydrogens (tertiary/aromatic N) is 2. The summed E-state index contributed by atoms with van der Waals surface area (Å²) in [5, 5.41) is 19.6. The summed E-state index contributed by atoms with van der Waals surface area (Å²) in [6.45, 7) is 2.09. The van der Waals surface area contributed by atoms with Crippen molar-refractivity contribution >= 4 is 5.82 Å². The van der Waals surface area contributed by atoms with E-state index in [2.05, 4.69) is 11.9 Å². The second-order valence-corrected chi connectivity index (χ2v) is 6.57. The van der Waals surface area contributed by atoms with Gasteiger partial charge in [0.1, 0.15) is 11.6 Å². The maximum atomic E-state index is 10.2. The van der Waals surface area contributed by atoms with Crippen molar-refractivity contribution in [2.75, 3.05) is 19.0 Å². The van der Waals surface area contributed by atoms with Gasteiger partial charge in [0.15, 0.2) is 0 Å². The lowest BCUT2D eigenvalue weighted by molar-refractivity contribution is 0.274. The van der Waals surface area contributed by atoms with E-state index in [-0.39, 0.29) is 12.4 Å². The van der Waals surface area contributed by atoms with E-state index in [0.29, 0.717) is 11.3 Å². The zero-order valence-corrected chi connectivity index (χ0v) is 15.1. The summed E-state index contributed by atoms with van der Waals surface area (Å²) in [7, 11) is 3.84. The number of unbranched alkanes of at least 4 members (excludes halogenated alkanes) is 8. The van der Waals surface area contributed by atoms with Crippen molar-refractivity contribution in [2.24, 2.45) is 0 Å². The number of anilines is 1. The SMILES string of the molecule is CCCCCCCCCCCc1nc(N(C)C)cc(CO)c1O. The largest absolute Gasteiger partial charge is 0.506 e. The molecule has 23 heavy (non-hydrogen) atoms. The van der Waals surface area contributed by atoms with Gasteiger partial charge in [-0.1, -0.05) is 58.3 Å². The van der Waals surface area contributed by atoms with Crippen molar-refractivity contribution in [3.8, 4) is 5.75 Å². The molecule has 1 aromatic heterocycles. The van der Waals surface area contributed by atoms with Crippen molar-refractivity contribution in [1.82, 2.24) is 4.98 Å². The van der Waals surface area contributed by atoms with E-state index in [1.54, 1.807) is 6.07 Å². The molecule has 0 spiro atoms. The number of aryl methyl sites for hydroxylation is 1. The van der Waals surface area contributed by atoms with Crippen LogP contribution in [-0.2, 0) is 13.0 Å². The lowest BCUT2D eigenvalue weighted by Gasteiger charge is -2.16. The average Bonchev–Trinajstić information content (AvgIpc) is 2.54. The van der Waals surface area contributed by atoms with E-state index in [0.717, 1.165) is 18.7 Å². The van der Waals surface area contributed by atoms with Crippen molar-refractivity contribution in [3.05, 3.63) is 17.3 Å². The minimum absolute atomic E-state index is 0.153. The summed E-state index contributed by atoms with van der Waals surface area (Å²) in [6, 6.07) is 1.75. The van der Waals surface area contributed by atoms with Gasteiger partial charge < -0.3 is 15.1 Å². The lowest BCUT2D eigenvalue weighted by Crippen LogP contribution is -2.12. The topological polar surface area (TPSA) is 56.6 Å². The highest BCUT2D eigenvalue weighted by atomic mass is 16.3. The Labute approximate surface area is 141 Å². The smallest absolute Gasteiger partial charge is 0.142 e. The molecule has 2 N–H and O–H groups in total. The molecule has 0 aliphatic rings. The van der Waals surface area contributed by atoms with Crippen LogP contribution in [0.15, 0.2) is 6.07 Å². The Morgan fingerprint density at radius 2 is 1.52 bits per heavy atom. The third-order valence-electron chi connectivity index (χ3n) is 4.28. The second-order valence-electron chi connectivity index (χ2n) is 6.57. The third-order valence-corrected chi connectivity index (χ3v) is 4.28. The quantitative estimate of drug-likeness (QED) is 0.559. The van der Waals surface area contributed by atoms with Gasteiger partial charge in [0.05, 0.1) is 12.3 Å². The van der Waals surface area contributed by atoms with Crippen molar-refractivity contribution in [2.45, 2.75) is 77.7 Å². The molecular weight excluding hydrogens is 288 g/mol. The number of hydrogen-bond donors (Lipinski definition) is 2. The standard InChI is InChI=1S/C19H34N2O2/c1-4-5-6-7-8-9-10-11-12-13-17-19(23)16(15-22)14-18(20-17)21(2)3/h14,22-23H,4-13,15H2,1-3H3. The van der Waals surface area contributed by atoms with Gasteiger partial charge in [0.2, 0.25) is 0 Å². The Kier molecular flexibility index (Phi) is 9.69. The van der Waals surface area contributed by atoms with Gasteiger partial charge in [0.25, 0.3) is 0 Å². The van der Waals surface area contributed by atoms with E-state index in [9.17, 15) is 10.2 Å². The van der Waals surface area contributed by atoms with Gasteiger partial charge in [-0.2, -0.15) is 0 Å². The number of aliphatic hydroxyl groups is 1. The molecule has 4 nitrogen and oxygen atoms in total. The summed E-state index contributed by atoms with van der Waals surface area (Å²) in [6.07, 6.45) is 12.3. The molecule has 0 aliphatic heterocycles. The van der Waals surface area contributed by atoms with Gasteiger partial charge in [-0.05, 0) is 18.9 Å². The molecule has 0 saturated heterocycles. The summed E-state index contributed by atoms with van der Waals surface area (Å²) < 4.78 is 0. The highest BCUT2D eigenvalue weighted by Gasteiger charge is 2.12. The Balaban J connectivity index is 2.35. The molecule has 0 unspecified atom stereocenters. The summed E-state index contributed by atoms with van der Waals surface area (Å²) in [5.74, 6) is 0.954. The summed E-state index contributed by atoms with van der Waals surface area (Å²) in [4.78, 5) is 6.41. The summed E-state index contributed by atoms with van der Waals surface area (Å²) >= 11 is 0. The van der Waals surface area contributed by atoms with Crippen LogP contribution >= 0.6 is 0 Å². The zero-order valence-electron chi connectivity index (χ0n) is 15.1. The van der Waals surface area contributed by atoms with Crippen LogP contribution in [0.3, 0.4) is 0 Å². The predicted molar refractivity (Wildman–Crippen MR) is 97.1 cm³/mol. The Bertz CT molecular complexity index is 447. The van der Waals surface area contributed by atoms with Gasteiger partial charge in [0, 0.05) is 19.7 Å². The van der Waals surface area contributed by atoms with Crippen LogP contribution in [0.1, 0.15) is 76.0 Å². The maximum Gasteiger partial charge on any atom is 0.142 e. The van der Waals surface area contributed by atoms with Crippen LogP contribution in [0.25, 0.3) is 0 Å². The number of hydrogen-bond acceptors (Lipinski definition) is 4. The van der Waals surface area contributed by atoms with Gasteiger partial charge in [-0.15, -0.1) is 0 Å². The average molecular weight is 322 g/mol. The molecule has 0 atom stereocenters. The molecule has 132 valence electrons. The van der Waals surface area contributed by atoms with Gasteiger partial charge in [-0.25, -0.2) is 4.98 Å². The number of rotatable bonds is 12. The molecule has 0 fully saturated rings. The second kappa shape index (κ2) is 11.3. The normalized spacial score (nSPS) is 11.0. The Hall–Kier alpha value is -1.29. The van der Waals surface area contributed by atoms with E-state index in [4.69, 9.17) is 0 Å². The monoisotopic (exact) mass is 322 g/mol. The molecule has 0 amide bonds. The number of aromatic nitrogens is 1. The minimum Gasteiger partial charge on any atom is -0.506 e. The molecule has 0 aliphatic carbocycles. The molecule has 0 aromatic carbocycles. The number of pyridine rings is 1. The molecule has 0 bridgehead atoms. The van der Waals surface area contributed by atoms with Crippen LogP contribution in [0.5, 0.6) is 5.75 Å². The highest BCUT2D eigenvalue weighted by Crippen LogP contribution is 2.27. The minimum atomic E-state index is -0.153. The van der Waals surface area contributed by atoms with E-state index >= 15 is 0 Å². The van der Waals surface area contributed by atoms with Crippen LogP contribution in [0.4, 0.5) is 5.82 Å². The number of aromatic hydroxyl groups is 1. The first-order valence-electron chi connectivity index (χ1n) is 9.10. The number of aliphatic hydroxyl groups excluding tert-OH is 1. The van der Waals surface area contributed by atoms with E-state index < -0.39 is 0 Å². The van der Waals surface area contributed by atoms with Crippen molar-refractivity contribution in [1.29, 1.82) is 0 Å². The van der Waals surface area contributed by atoms with E-state index in [1.807, 2.05) is 19.0 Å². The van der Waals surface area contributed by atoms with Gasteiger partial charge >= 0.3 is 0 Å². The Morgan fingerprint density at radius 1 is 0.957 bits per heavy atom. The first-order valence-corrected chi connectivity index (χ1v) is 9.10. The van der Waals surface area contributed by atoms with Crippen LogP contribution in [-0.4, -0.2) is 29.3 Å². The fourth-order valence-electron chi connectivity index (χ4n) is 2.76. The fourth-order valence-corrected chi connectivity index (χ4v) is 2.76. The van der Waals surface area contributed by atoms with Crippen LogP contribution in [0, 0.1) is 0 Å². The summed E-state index contributed by atoms with van der Waals surface area (Å²) in [5.41, 5.74) is 1.28. The first-order chi connectivity index (χ1) is 11.1. The van der Waals surface area contributed by atoms with Crippen LogP contribution < -0.4 is 4.90 Å². The highest BCUT2D eigenvalue weighted by molar-refractivity contribution is 5.48. The third kappa shape index (κ3) is 7.21. The van der Waals surface area contributed by atoms with Crippen molar-refractivity contribution in [3.63, 3.8) is 0 Å². The lowest BCUT2D eigenvalue weighted by atomic mass is 10.0.